The molecule has 1 N–H and O–H groups in total. The minimum absolute atomic E-state index is 0.0423. The van der Waals surface area contributed by atoms with Crippen LogP contribution in [0.3, 0.4) is 0 Å². The summed E-state index contributed by atoms with van der Waals surface area (Å²) >= 11 is 0. The lowest BCUT2D eigenvalue weighted by Crippen LogP contribution is -2.29. The molecule has 17 heavy (non-hydrogen) atoms. The molecule has 0 radical (unpaired) electrons. The normalized spacial score (nSPS) is 24.1. The fraction of sp³-hybridized carbons (Fsp3) is 0.571. The van der Waals surface area contributed by atoms with Crippen molar-refractivity contribution in [2.45, 2.75) is 45.8 Å². The second-order valence-electron chi connectivity index (χ2n) is 5.94. The van der Waals surface area contributed by atoms with Crippen LogP contribution in [0.1, 0.15) is 45.3 Å². The molecule has 0 amide bonds. The highest BCUT2D eigenvalue weighted by molar-refractivity contribution is 5.37. The van der Waals surface area contributed by atoms with Crippen LogP contribution < -0.4 is 4.74 Å². The molecular weight excluding hydrogens is 219 g/mol. The average molecular weight is 238 g/mol. The third-order valence-electron chi connectivity index (χ3n) is 2.95. The van der Waals surface area contributed by atoms with Gasteiger partial charge in [0, 0.05) is 18.1 Å². The third kappa shape index (κ3) is 2.97. The standard InChI is InChI=1S/C14H19FO2/c1-14(2,3)8-10-7-12(16)11-5-4-9(15)6-13(11)17-10/h4-6,10,12,16H,7-8H2,1-3H3. The lowest BCUT2D eigenvalue weighted by molar-refractivity contribution is 0.0444. The molecule has 0 aromatic heterocycles. The Morgan fingerprint density at radius 2 is 2.12 bits per heavy atom. The van der Waals surface area contributed by atoms with Gasteiger partial charge in [0.15, 0.2) is 0 Å². The molecule has 1 aliphatic rings. The second-order valence-corrected chi connectivity index (χ2v) is 5.94. The summed E-state index contributed by atoms with van der Waals surface area (Å²) in [5.41, 5.74) is 0.825. The Balaban J connectivity index is 2.20. The van der Waals surface area contributed by atoms with E-state index in [-0.39, 0.29) is 17.3 Å². The number of halogens is 1. The molecule has 1 heterocycles. The minimum atomic E-state index is -0.549. The molecule has 1 aromatic rings. The van der Waals surface area contributed by atoms with Crippen LogP contribution in [0.25, 0.3) is 0 Å². The summed E-state index contributed by atoms with van der Waals surface area (Å²) in [5.74, 6) is 0.158. The van der Waals surface area contributed by atoms with E-state index < -0.39 is 6.10 Å². The molecular formula is C14H19FO2. The summed E-state index contributed by atoms with van der Waals surface area (Å²) in [6, 6.07) is 4.31. The van der Waals surface area contributed by atoms with Crippen molar-refractivity contribution in [1.82, 2.24) is 0 Å². The van der Waals surface area contributed by atoms with Gasteiger partial charge >= 0.3 is 0 Å². The predicted molar refractivity (Wildman–Crippen MR) is 64.5 cm³/mol. The van der Waals surface area contributed by atoms with Crippen LogP contribution in [0, 0.1) is 11.2 Å². The monoisotopic (exact) mass is 238 g/mol. The van der Waals surface area contributed by atoms with E-state index in [1.165, 1.54) is 12.1 Å². The summed E-state index contributed by atoms with van der Waals surface area (Å²) in [6.45, 7) is 6.39. The Morgan fingerprint density at radius 3 is 2.76 bits per heavy atom. The quantitative estimate of drug-likeness (QED) is 0.812. The highest BCUT2D eigenvalue weighted by Gasteiger charge is 2.30. The number of aliphatic hydroxyl groups excluding tert-OH is 1. The Bertz CT molecular complexity index is 409. The fourth-order valence-corrected chi connectivity index (χ4v) is 2.30. The van der Waals surface area contributed by atoms with Crippen LogP contribution in [0.5, 0.6) is 5.75 Å². The molecule has 1 aromatic carbocycles. The van der Waals surface area contributed by atoms with Gasteiger partial charge in [0.1, 0.15) is 17.7 Å². The van der Waals surface area contributed by atoms with Crippen LogP contribution in [-0.2, 0) is 0 Å². The Hall–Kier alpha value is -1.09. The summed E-state index contributed by atoms with van der Waals surface area (Å²) in [6.07, 6.45) is 0.835. The Kier molecular flexibility index (Phi) is 3.13. The van der Waals surface area contributed by atoms with Crippen LogP contribution in [-0.4, -0.2) is 11.2 Å². The molecule has 0 bridgehead atoms. The smallest absolute Gasteiger partial charge is 0.128 e. The third-order valence-corrected chi connectivity index (χ3v) is 2.95. The molecule has 2 atom stereocenters. The summed E-state index contributed by atoms with van der Waals surface area (Å²) in [7, 11) is 0. The zero-order valence-corrected chi connectivity index (χ0v) is 10.5. The first kappa shape index (κ1) is 12.4. The molecule has 0 spiro atoms. The number of fused-ring (bicyclic) bond motifs is 1. The molecule has 0 saturated heterocycles. The zero-order chi connectivity index (χ0) is 12.6. The molecule has 94 valence electrons. The number of ether oxygens (including phenoxy) is 1. The van der Waals surface area contributed by atoms with Crippen LogP contribution in [0.4, 0.5) is 4.39 Å². The molecule has 2 unspecified atom stereocenters. The molecule has 0 fully saturated rings. The highest BCUT2D eigenvalue weighted by Crippen LogP contribution is 2.38. The highest BCUT2D eigenvalue weighted by atomic mass is 19.1. The van der Waals surface area contributed by atoms with Crippen molar-refractivity contribution in [2.75, 3.05) is 0 Å². The maximum Gasteiger partial charge on any atom is 0.128 e. The summed E-state index contributed by atoms with van der Waals surface area (Å²) in [4.78, 5) is 0. The molecule has 2 nitrogen and oxygen atoms in total. The van der Waals surface area contributed by atoms with Crippen molar-refractivity contribution < 1.29 is 14.2 Å². The van der Waals surface area contributed by atoms with E-state index in [1.54, 1.807) is 6.07 Å². The largest absolute Gasteiger partial charge is 0.490 e. The first-order chi connectivity index (χ1) is 7.85. The van der Waals surface area contributed by atoms with Gasteiger partial charge in [-0.05, 0) is 24.0 Å². The topological polar surface area (TPSA) is 29.5 Å². The summed E-state index contributed by atoms with van der Waals surface area (Å²) < 4.78 is 18.9. The van der Waals surface area contributed by atoms with E-state index in [2.05, 4.69) is 20.8 Å². The number of hydrogen-bond donors (Lipinski definition) is 1. The molecule has 1 aliphatic heterocycles. The van der Waals surface area contributed by atoms with E-state index in [4.69, 9.17) is 4.74 Å². The maximum atomic E-state index is 13.1. The SMILES string of the molecule is CC(C)(C)CC1CC(O)c2ccc(F)cc2O1. The molecule has 3 heteroatoms. The van der Waals surface area contributed by atoms with Gasteiger partial charge in [-0.3, -0.25) is 0 Å². The number of benzene rings is 1. The van der Waals surface area contributed by atoms with Gasteiger partial charge in [0.05, 0.1) is 6.10 Å². The maximum absolute atomic E-state index is 13.1. The first-order valence-electron chi connectivity index (χ1n) is 5.99. The lowest BCUT2D eigenvalue weighted by atomic mass is 9.85. The van der Waals surface area contributed by atoms with Crippen molar-refractivity contribution in [3.8, 4) is 5.75 Å². The first-order valence-corrected chi connectivity index (χ1v) is 5.99. The van der Waals surface area contributed by atoms with Crippen molar-refractivity contribution in [3.05, 3.63) is 29.6 Å². The number of aliphatic hydroxyl groups is 1. The molecule has 0 aliphatic carbocycles. The summed E-state index contributed by atoms with van der Waals surface area (Å²) in [5, 5.41) is 10.0. The van der Waals surface area contributed by atoms with E-state index in [0.717, 1.165) is 6.42 Å². The second kappa shape index (κ2) is 4.30. The van der Waals surface area contributed by atoms with Gasteiger partial charge in [-0.1, -0.05) is 20.8 Å². The van der Waals surface area contributed by atoms with Crippen molar-refractivity contribution in [3.63, 3.8) is 0 Å². The lowest BCUT2D eigenvalue weighted by Gasteiger charge is -2.33. The van der Waals surface area contributed by atoms with Gasteiger partial charge in [0.2, 0.25) is 0 Å². The molecule has 2 rings (SSSR count). The van der Waals surface area contributed by atoms with Crippen LogP contribution in [0.15, 0.2) is 18.2 Å². The van der Waals surface area contributed by atoms with Gasteiger partial charge in [-0.2, -0.15) is 0 Å². The fourth-order valence-electron chi connectivity index (χ4n) is 2.30. The van der Waals surface area contributed by atoms with E-state index >= 15 is 0 Å². The van der Waals surface area contributed by atoms with Gasteiger partial charge < -0.3 is 9.84 Å². The number of hydrogen-bond acceptors (Lipinski definition) is 2. The Morgan fingerprint density at radius 1 is 1.41 bits per heavy atom. The van der Waals surface area contributed by atoms with Gasteiger partial charge in [0.25, 0.3) is 0 Å². The van der Waals surface area contributed by atoms with E-state index in [9.17, 15) is 9.50 Å². The molecule has 0 saturated carbocycles. The van der Waals surface area contributed by atoms with E-state index in [0.29, 0.717) is 17.7 Å². The Labute approximate surface area is 101 Å². The minimum Gasteiger partial charge on any atom is -0.490 e. The van der Waals surface area contributed by atoms with Crippen LogP contribution >= 0.6 is 0 Å². The van der Waals surface area contributed by atoms with Gasteiger partial charge in [-0.15, -0.1) is 0 Å². The van der Waals surface area contributed by atoms with Crippen molar-refractivity contribution in [2.24, 2.45) is 5.41 Å². The van der Waals surface area contributed by atoms with E-state index in [1.807, 2.05) is 0 Å². The van der Waals surface area contributed by atoms with Gasteiger partial charge in [-0.25, -0.2) is 4.39 Å². The zero-order valence-electron chi connectivity index (χ0n) is 10.5. The number of rotatable bonds is 1. The average Bonchev–Trinajstić information content (AvgIpc) is 2.13. The van der Waals surface area contributed by atoms with Crippen molar-refractivity contribution >= 4 is 0 Å². The van der Waals surface area contributed by atoms with Crippen LogP contribution in [0.2, 0.25) is 0 Å². The predicted octanol–water partition coefficient (Wildman–Crippen LogP) is 3.45. The van der Waals surface area contributed by atoms with Crippen molar-refractivity contribution in [1.29, 1.82) is 0 Å².